The molecule has 1 saturated heterocycles. The highest BCUT2D eigenvalue weighted by molar-refractivity contribution is 5.38. The zero-order chi connectivity index (χ0) is 6.53. The molecule has 1 unspecified atom stereocenters. The number of carbonyl (C=O) groups excluding carboxylic acids is 1. The zero-order valence-corrected chi connectivity index (χ0v) is 5.22. The monoisotopic (exact) mass is 128 g/mol. The van der Waals surface area contributed by atoms with Crippen molar-refractivity contribution < 1.29 is 9.53 Å². The van der Waals surface area contributed by atoms with Crippen molar-refractivity contribution in [3.63, 3.8) is 0 Å². The summed E-state index contributed by atoms with van der Waals surface area (Å²) in [5.74, 6) is 0. The first-order valence-corrected chi connectivity index (χ1v) is 3.19. The minimum Gasteiger partial charge on any atom is -0.438 e. The van der Waals surface area contributed by atoms with Gasteiger partial charge in [0, 0.05) is 0 Å². The standard InChI is InChI=1S/C6H10NO2/c8-5-9-6-3-1-2-4-7-6/h6-7H,1-4H2. The summed E-state index contributed by atoms with van der Waals surface area (Å²) < 4.78 is 4.57. The fourth-order valence-electron chi connectivity index (χ4n) is 0.979. The quantitative estimate of drug-likeness (QED) is 0.576. The number of nitrogens with one attached hydrogen (secondary N) is 1. The number of piperidine rings is 1. The summed E-state index contributed by atoms with van der Waals surface area (Å²) in [4.78, 5) is 9.69. The normalized spacial score (nSPS) is 27.3. The van der Waals surface area contributed by atoms with E-state index in [-0.39, 0.29) is 6.23 Å². The average molecular weight is 128 g/mol. The Morgan fingerprint density at radius 1 is 1.56 bits per heavy atom. The van der Waals surface area contributed by atoms with Gasteiger partial charge in [-0.3, -0.25) is 5.32 Å². The third-order valence-electron chi connectivity index (χ3n) is 1.46. The fraction of sp³-hybridized carbons (Fsp3) is 0.833. The highest BCUT2D eigenvalue weighted by Crippen LogP contribution is 2.06. The summed E-state index contributed by atoms with van der Waals surface area (Å²) in [6.45, 7) is 2.38. The van der Waals surface area contributed by atoms with Gasteiger partial charge in [-0.1, -0.05) is 0 Å². The Labute approximate surface area is 54.4 Å². The van der Waals surface area contributed by atoms with E-state index < -0.39 is 0 Å². The molecule has 1 radical (unpaired) electrons. The van der Waals surface area contributed by atoms with Gasteiger partial charge < -0.3 is 4.74 Å². The van der Waals surface area contributed by atoms with Crippen molar-refractivity contribution in [2.24, 2.45) is 0 Å². The van der Waals surface area contributed by atoms with Crippen molar-refractivity contribution in [1.82, 2.24) is 5.32 Å². The van der Waals surface area contributed by atoms with Crippen LogP contribution in [-0.4, -0.2) is 19.2 Å². The van der Waals surface area contributed by atoms with Crippen LogP contribution in [0.5, 0.6) is 0 Å². The first-order chi connectivity index (χ1) is 4.43. The number of hydrogen-bond donors (Lipinski definition) is 1. The van der Waals surface area contributed by atoms with Crippen LogP contribution in [0.2, 0.25) is 0 Å². The molecule has 1 fully saturated rings. The smallest absolute Gasteiger partial charge is 0.419 e. The van der Waals surface area contributed by atoms with Crippen molar-refractivity contribution in [3.8, 4) is 0 Å². The third-order valence-corrected chi connectivity index (χ3v) is 1.46. The van der Waals surface area contributed by atoms with Gasteiger partial charge in [0.15, 0.2) is 6.23 Å². The topological polar surface area (TPSA) is 38.3 Å². The Morgan fingerprint density at radius 2 is 2.44 bits per heavy atom. The lowest BCUT2D eigenvalue weighted by Gasteiger charge is -2.20. The van der Waals surface area contributed by atoms with Crippen molar-refractivity contribution in [3.05, 3.63) is 0 Å². The molecule has 1 N–H and O–H groups in total. The van der Waals surface area contributed by atoms with E-state index in [9.17, 15) is 4.79 Å². The summed E-state index contributed by atoms with van der Waals surface area (Å²) in [5, 5.41) is 3.04. The van der Waals surface area contributed by atoms with Crippen LogP contribution in [0.15, 0.2) is 0 Å². The van der Waals surface area contributed by atoms with Crippen molar-refractivity contribution in [2.45, 2.75) is 25.5 Å². The van der Waals surface area contributed by atoms with E-state index in [0.29, 0.717) is 0 Å². The lowest BCUT2D eigenvalue weighted by Crippen LogP contribution is -2.35. The fourth-order valence-corrected chi connectivity index (χ4v) is 0.979. The Balaban J connectivity index is 2.15. The molecule has 1 aliphatic heterocycles. The molecule has 0 saturated carbocycles. The summed E-state index contributed by atoms with van der Waals surface area (Å²) in [6, 6.07) is 0. The first-order valence-electron chi connectivity index (χ1n) is 3.19. The van der Waals surface area contributed by atoms with E-state index in [0.717, 1.165) is 19.4 Å². The first kappa shape index (κ1) is 6.55. The van der Waals surface area contributed by atoms with Crippen molar-refractivity contribution >= 4 is 6.47 Å². The molecule has 0 aromatic carbocycles. The highest BCUT2D eigenvalue weighted by atomic mass is 16.5. The lowest BCUT2D eigenvalue weighted by molar-refractivity contribution is 0.114. The van der Waals surface area contributed by atoms with Gasteiger partial charge in [0.1, 0.15) is 0 Å². The summed E-state index contributed by atoms with van der Waals surface area (Å²) >= 11 is 0. The van der Waals surface area contributed by atoms with Crippen LogP contribution >= 0.6 is 0 Å². The molecule has 0 amide bonds. The molecule has 3 nitrogen and oxygen atoms in total. The molecule has 1 rings (SSSR count). The van der Waals surface area contributed by atoms with Crippen molar-refractivity contribution in [1.29, 1.82) is 0 Å². The van der Waals surface area contributed by atoms with Crippen LogP contribution in [0.1, 0.15) is 19.3 Å². The van der Waals surface area contributed by atoms with Crippen LogP contribution in [-0.2, 0) is 9.53 Å². The maximum Gasteiger partial charge on any atom is 0.419 e. The zero-order valence-electron chi connectivity index (χ0n) is 5.22. The Morgan fingerprint density at radius 3 is 3.00 bits per heavy atom. The van der Waals surface area contributed by atoms with Crippen LogP contribution < -0.4 is 5.32 Å². The second-order valence-electron chi connectivity index (χ2n) is 2.14. The minimum absolute atomic E-state index is 0.0729. The van der Waals surface area contributed by atoms with E-state index in [1.807, 2.05) is 0 Å². The number of hydrogen-bond acceptors (Lipinski definition) is 3. The van der Waals surface area contributed by atoms with Gasteiger partial charge in [0.2, 0.25) is 0 Å². The molecule has 0 spiro atoms. The van der Waals surface area contributed by atoms with Crippen molar-refractivity contribution in [2.75, 3.05) is 6.54 Å². The SMILES string of the molecule is O=[C]OC1CCCCN1. The van der Waals surface area contributed by atoms with Crippen LogP contribution in [0.4, 0.5) is 0 Å². The Kier molecular flexibility index (Phi) is 2.51. The predicted octanol–water partition coefficient (Wildman–Crippen LogP) is 0.170. The third kappa shape index (κ3) is 2.01. The molecular formula is C6H10NO2. The van der Waals surface area contributed by atoms with Gasteiger partial charge >= 0.3 is 6.47 Å². The highest BCUT2D eigenvalue weighted by Gasteiger charge is 2.11. The average Bonchev–Trinajstić information content (AvgIpc) is 1.91. The Hall–Kier alpha value is -0.570. The van der Waals surface area contributed by atoms with Gasteiger partial charge in [-0.2, -0.15) is 0 Å². The molecule has 51 valence electrons. The molecule has 1 heterocycles. The molecule has 3 heteroatoms. The van der Waals surface area contributed by atoms with Gasteiger partial charge in [0.25, 0.3) is 0 Å². The van der Waals surface area contributed by atoms with E-state index >= 15 is 0 Å². The van der Waals surface area contributed by atoms with Gasteiger partial charge in [-0.05, 0) is 25.8 Å². The molecule has 1 aliphatic rings. The maximum absolute atomic E-state index is 9.69. The number of rotatable bonds is 2. The minimum atomic E-state index is -0.0729. The number of ether oxygens (including phenoxy) is 1. The molecule has 0 aromatic heterocycles. The molecule has 9 heavy (non-hydrogen) atoms. The molecule has 0 aliphatic carbocycles. The Bertz CT molecular complexity index is 89.1. The van der Waals surface area contributed by atoms with Crippen LogP contribution in [0.3, 0.4) is 0 Å². The van der Waals surface area contributed by atoms with Gasteiger partial charge in [-0.15, -0.1) is 0 Å². The molecule has 1 atom stereocenters. The summed E-state index contributed by atoms with van der Waals surface area (Å²) in [7, 11) is 0. The van der Waals surface area contributed by atoms with E-state index in [4.69, 9.17) is 0 Å². The summed E-state index contributed by atoms with van der Waals surface area (Å²) in [6.07, 6.45) is 3.17. The molecule has 0 bridgehead atoms. The lowest BCUT2D eigenvalue weighted by atomic mass is 10.1. The van der Waals surface area contributed by atoms with E-state index in [2.05, 4.69) is 10.1 Å². The largest absolute Gasteiger partial charge is 0.438 e. The predicted molar refractivity (Wildman–Crippen MR) is 32.4 cm³/mol. The maximum atomic E-state index is 9.69. The second-order valence-corrected chi connectivity index (χ2v) is 2.14. The molecular weight excluding hydrogens is 118 g/mol. The van der Waals surface area contributed by atoms with Crippen LogP contribution in [0.25, 0.3) is 0 Å². The molecule has 0 aromatic rings. The van der Waals surface area contributed by atoms with Gasteiger partial charge in [0.05, 0.1) is 0 Å². The van der Waals surface area contributed by atoms with E-state index in [1.165, 1.54) is 12.9 Å². The van der Waals surface area contributed by atoms with E-state index in [1.54, 1.807) is 0 Å². The van der Waals surface area contributed by atoms with Crippen LogP contribution in [0, 0.1) is 0 Å². The second kappa shape index (κ2) is 3.45. The van der Waals surface area contributed by atoms with Gasteiger partial charge in [-0.25, -0.2) is 4.79 Å². The summed E-state index contributed by atoms with van der Waals surface area (Å²) in [5.41, 5.74) is 0.